The number of sulfonamides is 1. The standard InChI is InChI=1S/C21H25FN2O3S/c1-24(18-8-3-2-4-9-18)28(26,27)19-13-11-17(12-14-19)23-21(25)15-16-7-5-6-10-20(16)22/h5-7,10-14,18H,2-4,8-9,15H2,1H3,(H,23,25). The van der Waals surface area contributed by atoms with Crippen molar-refractivity contribution in [3.63, 3.8) is 0 Å². The molecule has 0 bridgehead atoms. The molecule has 1 N–H and O–H groups in total. The minimum atomic E-state index is -3.57. The zero-order valence-electron chi connectivity index (χ0n) is 15.9. The molecule has 0 atom stereocenters. The minimum absolute atomic E-state index is 0.0406. The lowest BCUT2D eigenvalue weighted by Gasteiger charge is -2.30. The van der Waals surface area contributed by atoms with Crippen molar-refractivity contribution in [3.8, 4) is 0 Å². The topological polar surface area (TPSA) is 66.5 Å². The molecule has 0 radical (unpaired) electrons. The number of nitrogens with one attached hydrogen (secondary N) is 1. The summed E-state index contributed by atoms with van der Waals surface area (Å²) in [7, 11) is -1.93. The van der Waals surface area contributed by atoms with Crippen LogP contribution in [0.2, 0.25) is 0 Å². The normalized spacial score (nSPS) is 15.5. The van der Waals surface area contributed by atoms with Crippen LogP contribution >= 0.6 is 0 Å². The maximum absolute atomic E-state index is 13.7. The van der Waals surface area contributed by atoms with E-state index >= 15 is 0 Å². The fraction of sp³-hybridized carbons (Fsp3) is 0.381. The average molecular weight is 405 g/mol. The van der Waals surface area contributed by atoms with Crippen molar-refractivity contribution in [2.75, 3.05) is 12.4 Å². The first-order chi connectivity index (χ1) is 13.4. The highest BCUT2D eigenvalue weighted by Gasteiger charge is 2.28. The summed E-state index contributed by atoms with van der Waals surface area (Å²) in [4.78, 5) is 12.3. The highest BCUT2D eigenvalue weighted by atomic mass is 32.2. The van der Waals surface area contributed by atoms with Crippen LogP contribution in [-0.2, 0) is 21.2 Å². The van der Waals surface area contributed by atoms with Crippen LogP contribution in [0.3, 0.4) is 0 Å². The largest absolute Gasteiger partial charge is 0.326 e. The smallest absolute Gasteiger partial charge is 0.243 e. The van der Waals surface area contributed by atoms with E-state index in [2.05, 4.69) is 5.32 Å². The number of amides is 1. The number of rotatable bonds is 6. The summed E-state index contributed by atoms with van der Waals surface area (Å²) in [5.74, 6) is -0.787. The lowest BCUT2D eigenvalue weighted by atomic mass is 9.96. The third-order valence-corrected chi connectivity index (χ3v) is 7.14. The molecule has 7 heteroatoms. The van der Waals surface area contributed by atoms with Crippen LogP contribution in [0.5, 0.6) is 0 Å². The summed E-state index contributed by atoms with van der Waals surface area (Å²) in [5, 5.41) is 2.67. The number of carbonyl (C=O) groups is 1. The first kappa shape index (κ1) is 20.5. The van der Waals surface area contributed by atoms with Gasteiger partial charge in [0.2, 0.25) is 15.9 Å². The molecule has 1 fully saturated rings. The Morgan fingerprint density at radius 2 is 1.71 bits per heavy atom. The van der Waals surface area contributed by atoms with Crippen LogP contribution in [0.1, 0.15) is 37.7 Å². The van der Waals surface area contributed by atoms with Gasteiger partial charge in [-0.3, -0.25) is 4.79 Å². The number of carbonyl (C=O) groups excluding carboxylic acids is 1. The number of benzene rings is 2. The van der Waals surface area contributed by atoms with Gasteiger partial charge in [-0.05, 0) is 48.7 Å². The predicted molar refractivity (Wildman–Crippen MR) is 107 cm³/mol. The van der Waals surface area contributed by atoms with Crippen LogP contribution in [0, 0.1) is 5.82 Å². The molecule has 1 aliphatic rings. The SMILES string of the molecule is CN(C1CCCCC1)S(=O)(=O)c1ccc(NC(=O)Cc2ccccc2F)cc1. The summed E-state index contributed by atoms with van der Waals surface area (Å²) in [6.45, 7) is 0. The number of hydrogen-bond donors (Lipinski definition) is 1. The molecule has 1 aliphatic carbocycles. The highest BCUT2D eigenvalue weighted by molar-refractivity contribution is 7.89. The van der Waals surface area contributed by atoms with Gasteiger partial charge in [0.1, 0.15) is 5.82 Å². The van der Waals surface area contributed by atoms with Gasteiger partial charge < -0.3 is 5.32 Å². The molecule has 28 heavy (non-hydrogen) atoms. The lowest BCUT2D eigenvalue weighted by Crippen LogP contribution is -2.38. The van der Waals surface area contributed by atoms with Gasteiger partial charge >= 0.3 is 0 Å². The van der Waals surface area contributed by atoms with E-state index in [-0.39, 0.29) is 23.3 Å². The van der Waals surface area contributed by atoms with E-state index in [1.807, 2.05) is 0 Å². The van der Waals surface area contributed by atoms with Gasteiger partial charge in [-0.1, -0.05) is 37.5 Å². The molecule has 0 unspecified atom stereocenters. The molecular formula is C21H25FN2O3S. The van der Waals surface area contributed by atoms with Crippen LogP contribution in [0.15, 0.2) is 53.4 Å². The van der Waals surface area contributed by atoms with Crippen molar-refractivity contribution >= 4 is 21.6 Å². The van der Waals surface area contributed by atoms with Gasteiger partial charge in [0.25, 0.3) is 0 Å². The molecule has 2 aromatic carbocycles. The summed E-state index contributed by atoms with van der Waals surface area (Å²) in [6, 6.07) is 12.3. The van der Waals surface area contributed by atoms with Gasteiger partial charge in [0, 0.05) is 18.8 Å². The molecule has 0 heterocycles. The number of hydrogen-bond acceptors (Lipinski definition) is 3. The van der Waals surface area contributed by atoms with E-state index in [9.17, 15) is 17.6 Å². The van der Waals surface area contributed by atoms with E-state index in [0.29, 0.717) is 11.3 Å². The van der Waals surface area contributed by atoms with Crippen molar-refractivity contribution < 1.29 is 17.6 Å². The van der Waals surface area contributed by atoms with Crippen LogP contribution in [-0.4, -0.2) is 31.7 Å². The van der Waals surface area contributed by atoms with E-state index in [1.165, 1.54) is 22.5 Å². The van der Waals surface area contributed by atoms with Crippen molar-refractivity contribution in [1.82, 2.24) is 4.31 Å². The first-order valence-corrected chi connectivity index (χ1v) is 10.9. The van der Waals surface area contributed by atoms with Crippen LogP contribution in [0.4, 0.5) is 10.1 Å². The third kappa shape index (κ3) is 4.77. The zero-order valence-corrected chi connectivity index (χ0v) is 16.7. The van der Waals surface area contributed by atoms with E-state index < -0.39 is 15.8 Å². The average Bonchev–Trinajstić information content (AvgIpc) is 2.70. The molecule has 1 saturated carbocycles. The Labute approximate surface area is 165 Å². The van der Waals surface area contributed by atoms with Gasteiger partial charge in [-0.15, -0.1) is 0 Å². The molecule has 0 aromatic heterocycles. The zero-order chi connectivity index (χ0) is 20.1. The summed E-state index contributed by atoms with van der Waals surface area (Å²) < 4.78 is 40.8. The van der Waals surface area contributed by atoms with E-state index in [1.54, 1.807) is 37.4 Å². The van der Waals surface area contributed by atoms with Crippen LogP contribution < -0.4 is 5.32 Å². The van der Waals surface area contributed by atoms with Crippen molar-refractivity contribution in [2.45, 2.75) is 49.5 Å². The second-order valence-electron chi connectivity index (χ2n) is 7.15. The molecule has 150 valence electrons. The fourth-order valence-corrected chi connectivity index (χ4v) is 4.95. The van der Waals surface area contributed by atoms with Gasteiger partial charge in [0.05, 0.1) is 11.3 Å². The molecular weight excluding hydrogens is 379 g/mol. The second-order valence-corrected chi connectivity index (χ2v) is 9.15. The molecule has 0 saturated heterocycles. The monoisotopic (exact) mass is 404 g/mol. The van der Waals surface area contributed by atoms with Gasteiger partial charge in [-0.25, -0.2) is 12.8 Å². The predicted octanol–water partition coefficient (Wildman–Crippen LogP) is 3.96. The van der Waals surface area contributed by atoms with Gasteiger partial charge in [-0.2, -0.15) is 4.31 Å². The number of nitrogens with zero attached hydrogens (tertiary/aromatic N) is 1. The van der Waals surface area contributed by atoms with Crippen molar-refractivity contribution in [1.29, 1.82) is 0 Å². The van der Waals surface area contributed by atoms with E-state index in [4.69, 9.17) is 0 Å². The van der Waals surface area contributed by atoms with Crippen LogP contribution in [0.25, 0.3) is 0 Å². The number of halogens is 1. The van der Waals surface area contributed by atoms with Crippen molar-refractivity contribution in [2.24, 2.45) is 0 Å². The molecule has 1 amide bonds. The Balaban J connectivity index is 1.65. The fourth-order valence-electron chi connectivity index (χ4n) is 3.54. The Morgan fingerprint density at radius 1 is 1.07 bits per heavy atom. The Morgan fingerprint density at radius 3 is 2.36 bits per heavy atom. The Kier molecular flexibility index (Phi) is 6.46. The Hall–Kier alpha value is -2.25. The Bertz CT molecular complexity index is 923. The molecule has 0 aliphatic heterocycles. The maximum atomic E-state index is 13.7. The first-order valence-electron chi connectivity index (χ1n) is 9.49. The summed E-state index contributed by atoms with van der Waals surface area (Å²) >= 11 is 0. The highest BCUT2D eigenvalue weighted by Crippen LogP contribution is 2.27. The third-order valence-electron chi connectivity index (χ3n) is 5.21. The summed E-state index contributed by atoms with van der Waals surface area (Å²) in [5.41, 5.74) is 0.786. The van der Waals surface area contributed by atoms with Gasteiger partial charge in [0.15, 0.2) is 0 Å². The lowest BCUT2D eigenvalue weighted by molar-refractivity contribution is -0.115. The molecule has 0 spiro atoms. The molecule has 3 rings (SSSR count). The van der Waals surface area contributed by atoms with Crippen molar-refractivity contribution in [3.05, 3.63) is 59.9 Å². The maximum Gasteiger partial charge on any atom is 0.243 e. The second kappa shape index (κ2) is 8.84. The molecule has 5 nitrogen and oxygen atoms in total. The van der Waals surface area contributed by atoms with E-state index in [0.717, 1.165) is 32.1 Å². The minimum Gasteiger partial charge on any atom is -0.326 e. The number of anilines is 1. The molecule has 2 aromatic rings. The summed E-state index contributed by atoms with van der Waals surface area (Å²) in [6.07, 6.45) is 4.96. The quantitative estimate of drug-likeness (QED) is 0.792.